The Morgan fingerprint density at radius 2 is 1.90 bits per heavy atom. The Morgan fingerprint density at radius 3 is 2.41 bits per heavy atom. The van der Waals surface area contributed by atoms with Gasteiger partial charge in [-0.2, -0.15) is 13.2 Å². The Hall–Kier alpha value is -0.660. The zero-order chi connectivity index (χ0) is 20.7. The van der Waals surface area contributed by atoms with E-state index in [1.807, 2.05) is 6.92 Å². The number of piperazine rings is 1. The topological polar surface area (TPSA) is 55.8 Å². The summed E-state index contributed by atoms with van der Waals surface area (Å²) in [5.41, 5.74) is -0.851. The van der Waals surface area contributed by atoms with Crippen LogP contribution in [-0.4, -0.2) is 73.1 Å². The van der Waals surface area contributed by atoms with Crippen molar-refractivity contribution in [3.8, 4) is 0 Å². The van der Waals surface area contributed by atoms with Gasteiger partial charge in [-0.1, -0.05) is 13.8 Å². The fourth-order valence-corrected chi connectivity index (χ4v) is 3.87. The molecule has 1 aromatic heterocycles. The number of halogens is 4. The normalized spacial score (nSPS) is 17.9. The SMILES string of the molecule is CCNC(=NCc1nc(C(F)(F)F)cs1)NCC(C(C)C)N1CCN(C)CC1.I. The molecular formula is C18H32F3IN6S. The maximum Gasteiger partial charge on any atom is 0.434 e. The van der Waals surface area contributed by atoms with E-state index >= 15 is 0 Å². The van der Waals surface area contributed by atoms with Gasteiger partial charge in [0.05, 0.1) is 6.54 Å². The van der Waals surface area contributed by atoms with Crippen LogP contribution in [-0.2, 0) is 12.7 Å². The molecular weight excluding hydrogens is 516 g/mol. The number of alkyl halides is 3. The van der Waals surface area contributed by atoms with Gasteiger partial charge in [-0.05, 0) is 19.9 Å². The van der Waals surface area contributed by atoms with Crippen molar-refractivity contribution in [3.63, 3.8) is 0 Å². The number of rotatable bonds is 7. The lowest BCUT2D eigenvalue weighted by molar-refractivity contribution is -0.140. The Labute approximate surface area is 192 Å². The molecule has 1 unspecified atom stereocenters. The summed E-state index contributed by atoms with van der Waals surface area (Å²) < 4.78 is 38.0. The predicted octanol–water partition coefficient (Wildman–Crippen LogP) is 3.11. The molecule has 1 atom stereocenters. The maximum atomic E-state index is 12.7. The summed E-state index contributed by atoms with van der Waals surface area (Å²) in [6.07, 6.45) is -4.41. The molecule has 11 heteroatoms. The number of nitrogens with one attached hydrogen (secondary N) is 2. The quantitative estimate of drug-likeness (QED) is 0.312. The van der Waals surface area contributed by atoms with Crippen LogP contribution in [0.3, 0.4) is 0 Å². The number of guanidine groups is 1. The molecule has 0 aliphatic carbocycles. The number of aliphatic imine (C=N–C) groups is 1. The molecule has 2 N–H and O–H groups in total. The number of nitrogens with zero attached hydrogens (tertiary/aromatic N) is 4. The fraction of sp³-hybridized carbons (Fsp3) is 0.778. The van der Waals surface area contributed by atoms with E-state index in [0.29, 0.717) is 29.5 Å². The third-order valence-corrected chi connectivity index (χ3v) is 5.65. The minimum atomic E-state index is -4.41. The van der Waals surface area contributed by atoms with Crippen LogP contribution in [0, 0.1) is 5.92 Å². The lowest BCUT2D eigenvalue weighted by Crippen LogP contribution is -2.55. The average molecular weight is 548 g/mol. The summed E-state index contributed by atoms with van der Waals surface area (Å²) in [7, 11) is 2.14. The van der Waals surface area contributed by atoms with Crippen molar-refractivity contribution < 1.29 is 13.2 Å². The second-order valence-electron chi connectivity index (χ2n) is 7.35. The number of thiazole rings is 1. The standard InChI is InChI=1S/C18H31F3N6S.HI/c1-5-22-17(24-11-16-25-15(12-28-16)18(19,20)21)23-10-14(13(2)3)27-8-6-26(4)7-9-27;/h12-14H,5-11H2,1-4H3,(H2,22,23,24);1H. The second kappa shape index (κ2) is 12.3. The van der Waals surface area contributed by atoms with Crippen molar-refractivity contribution in [2.24, 2.45) is 10.9 Å². The Bertz CT molecular complexity index is 629. The lowest BCUT2D eigenvalue weighted by atomic mass is 10.0. The van der Waals surface area contributed by atoms with Crippen molar-refractivity contribution in [2.75, 3.05) is 46.3 Å². The smallest absolute Gasteiger partial charge is 0.357 e. The number of likely N-dealkylation sites (N-methyl/N-ethyl adjacent to an activating group) is 1. The van der Waals surface area contributed by atoms with Crippen LogP contribution < -0.4 is 10.6 Å². The average Bonchev–Trinajstić information content (AvgIpc) is 3.10. The molecule has 6 nitrogen and oxygen atoms in total. The molecule has 0 radical (unpaired) electrons. The van der Waals surface area contributed by atoms with Gasteiger partial charge >= 0.3 is 6.18 Å². The van der Waals surface area contributed by atoms with Crippen molar-refractivity contribution in [2.45, 2.75) is 39.5 Å². The Balaban J connectivity index is 0.00000420. The monoisotopic (exact) mass is 548 g/mol. The molecule has 2 heterocycles. The van der Waals surface area contributed by atoms with Crippen molar-refractivity contribution in [1.29, 1.82) is 0 Å². The Kier molecular flexibility index (Phi) is 11.1. The second-order valence-corrected chi connectivity index (χ2v) is 8.29. The van der Waals surface area contributed by atoms with E-state index in [1.54, 1.807) is 0 Å². The van der Waals surface area contributed by atoms with E-state index in [-0.39, 0.29) is 30.5 Å². The van der Waals surface area contributed by atoms with Crippen LogP contribution >= 0.6 is 35.3 Å². The van der Waals surface area contributed by atoms with E-state index in [9.17, 15) is 13.2 Å². The first-order valence-electron chi connectivity index (χ1n) is 9.67. The highest BCUT2D eigenvalue weighted by Crippen LogP contribution is 2.30. The third-order valence-electron chi connectivity index (χ3n) is 4.81. The van der Waals surface area contributed by atoms with E-state index in [0.717, 1.165) is 49.4 Å². The van der Waals surface area contributed by atoms with Crippen LogP contribution in [0.1, 0.15) is 31.5 Å². The predicted molar refractivity (Wildman–Crippen MR) is 123 cm³/mol. The van der Waals surface area contributed by atoms with Gasteiger partial charge in [0.25, 0.3) is 0 Å². The summed E-state index contributed by atoms with van der Waals surface area (Å²) in [5.74, 6) is 1.08. The largest absolute Gasteiger partial charge is 0.434 e. The summed E-state index contributed by atoms with van der Waals surface area (Å²) >= 11 is 0.982. The van der Waals surface area contributed by atoms with E-state index in [4.69, 9.17) is 0 Å². The molecule has 1 aliphatic heterocycles. The molecule has 1 aliphatic rings. The molecule has 1 aromatic rings. The molecule has 0 spiro atoms. The maximum absolute atomic E-state index is 12.7. The first-order valence-corrected chi connectivity index (χ1v) is 10.5. The van der Waals surface area contributed by atoms with Crippen molar-refractivity contribution >= 4 is 41.3 Å². The number of hydrogen-bond acceptors (Lipinski definition) is 5. The summed E-state index contributed by atoms with van der Waals surface area (Å²) in [5, 5.41) is 7.90. The molecule has 1 fully saturated rings. The van der Waals surface area contributed by atoms with Crippen LogP contribution in [0.2, 0.25) is 0 Å². The van der Waals surface area contributed by atoms with Crippen molar-refractivity contribution in [1.82, 2.24) is 25.4 Å². The Morgan fingerprint density at radius 1 is 1.24 bits per heavy atom. The molecule has 29 heavy (non-hydrogen) atoms. The highest BCUT2D eigenvalue weighted by Gasteiger charge is 2.33. The summed E-state index contributed by atoms with van der Waals surface area (Å²) in [6.45, 7) is 12.1. The van der Waals surface area contributed by atoms with Gasteiger partial charge in [0, 0.05) is 50.7 Å². The van der Waals surface area contributed by atoms with Gasteiger partial charge in [-0.15, -0.1) is 35.3 Å². The van der Waals surface area contributed by atoms with E-state index < -0.39 is 11.9 Å². The van der Waals surface area contributed by atoms with Gasteiger partial charge in [0.2, 0.25) is 0 Å². The molecule has 1 saturated heterocycles. The zero-order valence-corrected chi connectivity index (χ0v) is 20.6. The minimum Gasteiger partial charge on any atom is -0.357 e. The molecule has 0 saturated carbocycles. The van der Waals surface area contributed by atoms with Gasteiger partial charge in [0.1, 0.15) is 5.01 Å². The van der Waals surface area contributed by atoms with Gasteiger partial charge in [-0.3, -0.25) is 4.90 Å². The minimum absolute atomic E-state index is 0. The third kappa shape index (κ3) is 8.54. The first kappa shape index (κ1) is 26.4. The molecule has 0 aromatic carbocycles. The van der Waals surface area contributed by atoms with Crippen LogP contribution in [0.25, 0.3) is 0 Å². The van der Waals surface area contributed by atoms with Crippen LogP contribution in [0.4, 0.5) is 13.2 Å². The molecule has 2 rings (SSSR count). The molecule has 168 valence electrons. The number of aromatic nitrogens is 1. The van der Waals surface area contributed by atoms with Crippen molar-refractivity contribution in [3.05, 3.63) is 16.1 Å². The van der Waals surface area contributed by atoms with Gasteiger partial charge in [0.15, 0.2) is 11.7 Å². The van der Waals surface area contributed by atoms with E-state index in [2.05, 4.69) is 51.3 Å². The lowest BCUT2D eigenvalue weighted by Gasteiger charge is -2.40. The molecule has 0 amide bonds. The fourth-order valence-electron chi connectivity index (χ4n) is 3.14. The highest BCUT2D eigenvalue weighted by atomic mass is 127. The van der Waals surface area contributed by atoms with Crippen LogP contribution in [0.5, 0.6) is 0 Å². The van der Waals surface area contributed by atoms with Gasteiger partial charge in [-0.25, -0.2) is 9.98 Å². The summed E-state index contributed by atoms with van der Waals surface area (Å²) in [4.78, 5) is 12.9. The first-order chi connectivity index (χ1) is 13.2. The summed E-state index contributed by atoms with van der Waals surface area (Å²) in [6, 6.07) is 0.370. The highest BCUT2D eigenvalue weighted by molar-refractivity contribution is 14.0. The molecule has 0 bridgehead atoms. The number of hydrogen-bond donors (Lipinski definition) is 2. The van der Waals surface area contributed by atoms with Crippen LogP contribution in [0.15, 0.2) is 10.4 Å². The van der Waals surface area contributed by atoms with Gasteiger partial charge < -0.3 is 15.5 Å². The zero-order valence-electron chi connectivity index (χ0n) is 17.4. The van der Waals surface area contributed by atoms with E-state index in [1.165, 1.54) is 0 Å².